The van der Waals surface area contributed by atoms with Crippen LogP contribution in [-0.2, 0) is 0 Å². The highest BCUT2D eigenvalue weighted by Crippen LogP contribution is 2.26. The number of hydrogen-bond acceptors (Lipinski definition) is 1. The highest BCUT2D eigenvalue weighted by molar-refractivity contribution is 5.85. The summed E-state index contributed by atoms with van der Waals surface area (Å²) >= 11 is 0. The molecule has 1 aliphatic rings. The first kappa shape index (κ1) is 9.54. The zero-order valence-corrected chi connectivity index (χ0v) is 4.92. The third-order valence-corrected chi connectivity index (χ3v) is 0.866. The van der Waals surface area contributed by atoms with Gasteiger partial charge in [0.05, 0.1) is 0 Å². The van der Waals surface area contributed by atoms with E-state index in [1.54, 1.807) is 0 Å². The second kappa shape index (κ2) is 3.44. The van der Waals surface area contributed by atoms with Gasteiger partial charge < -0.3 is 6.15 Å². The van der Waals surface area contributed by atoms with Gasteiger partial charge in [0.2, 0.25) is 0 Å². The first-order valence-corrected chi connectivity index (χ1v) is 1.89. The Morgan fingerprint density at radius 1 is 1.33 bits per heavy atom. The second-order valence-electron chi connectivity index (χ2n) is 1.68. The van der Waals surface area contributed by atoms with Crippen molar-refractivity contribution in [1.29, 1.82) is 0 Å². The van der Waals surface area contributed by atoms with E-state index in [-0.39, 0.29) is 18.6 Å². The van der Waals surface area contributed by atoms with Crippen LogP contribution in [-0.4, -0.2) is 0 Å². The standard InChI is InChI=1S/C4H8.ClH.H3N/c1-4-2-3-4;;/h4H,2-3H2,1H3;1H;1H3. The lowest BCUT2D eigenvalue weighted by atomic mass is 10.5. The number of hydrogen-bond donors (Lipinski definition) is 1. The minimum Gasteiger partial charge on any atom is -0.344 e. The fourth-order valence-electron chi connectivity index (χ4n) is 0.167. The van der Waals surface area contributed by atoms with E-state index >= 15 is 0 Å². The molecule has 0 aromatic heterocycles. The lowest BCUT2D eigenvalue weighted by Crippen LogP contribution is -1.42. The van der Waals surface area contributed by atoms with Gasteiger partial charge in [0.15, 0.2) is 0 Å². The Balaban J connectivity index is 0. The van der Waals surface area contributed by atoms with Crippen molar-refractivity contribution in [2.45, 2.75) is 19.8 Å². The molecule has 2 heteroatoms. The van der Waals surface area contributed by atoms with Crippen LogP contribution in [0.4, 0.5) is 0 Å². The second-order valence-corrected chi connectivity index (χ2v) is 1.68. The summed E-state index contributed by atoms with van der Waals surface area (Å²) in [4.78, 5) is 0. The molecule has 3 N–H and O–H groups in total. The van der Waals surface area contributed by atoms with Crippen LogP contribution in [0, 0.1) is 5.92 Å². The third kappa shape index (κ3) is 4.25. The molecule has 40 valence electrons. The molecular formula is C4H12ClN. The van der Waals surface area contributed by atoms with E-state index in [1.165, 1.54) is 12.8 Å². The van der Waals surface area contributed by atoms with Crippen molar-refractivity contribution in [3.8, 4) is 0 Å². The maximum atomic E-state index is 2.28. The first-order chi connectivity index (χ1) is 1.89. The fourth-order valence-corrected chi connectivity index (χ4v) is 0.167. The molecule has 1 nitrogen and oxygen atoms in total. The lowest BCUT2D eigenvalue weighted by molar-refractivity contribution is 0.983. The monoisotopic (exact) mass is 109 g/mol. The molecule has 0 aromatic carbocycles. The van der Waals surface area contributed by atoms with E-state index in [0.717, 1.165) is 5.92 Å². The molecule has 1 aliphatic carbocycles. The summed E-state index contributed by atoms with van der Waals surface area (Å²) in [6, 6.07) is 0. The van der Waals surface area contributed by atoms with Crippen molar-refractivity contribution in [3.05, 3.63) is 0 Å². The highest BCUT2D eigenvalue weighted by Gasteiger charge is 2.12. The summed E-state index contributed by atoms with van der Waals surface area (Å²) in [6.45, 7) is 2.28. The molecule has 1 rings (SSSR count). The molecule has 0 spiro atoms. The van der Waals surface area contributed by atoms with Gasteiger partial charge in [0, 0.05) is 0 Å². The summed E-state index contributed by atoms with van der Waals surface area (Å²) < 4.78 is 0. The maximum Gasteiger partial charge on any atom is -0.0443 e. The van der Waals surface area contributed by atoms with Crippen LogP contribution in [0.15, 0.2) is 0 Å². The van der Waals surface area contributed by atoms with Gasteiger partial charge in [0.1, 0.15) is 0 Å². The van der Waals surface area contributed by atoms with Crippen LogP contribution in [0.5, 0.6) is 0 Å². The Kier molecular flexibility index (Phi) is 5.47. The van der Waals surface area contributed by atoms with E-state index in [1.807, 2.05) is 0 Å². The summed E-state index contributed by atoms with van der Waals surface area (Å²) in [5, 5.41) is 0. The van der Waals surface area contributed by atoms with Gasteiger partial charge >= 0.3 is 0 Å². The van der Waals surface area contributed by atoms with Crippen LogP contribution in [0.3, 0.4) is 0 Å². The lowest BCUT2D eigenvalue weighted by Gasteiger charge is -1.53. The molecule has 1 fully saturated rings. The van der Waals surface area contributed by atoms with Crippen molar-refractivity contribution >= 4 is 12.4 Å². The van der Waals surface area contributed by atoms with Gasteiger partial charge in [-0.05, 0) is 5.92 Å². The van der Waals surface area contributed by atoms with Crippen LogP contribution in [0.1, 0.15) is 19.8 Å². The molecule has 0 radical (unpaired) electrons. The minimum atomic E-state index is 0. The highest BCUT2D eigenvalue weighted by atomic mass is 35.5. The van der Waals surface area contributed by atoms with Gasteiger partial charge in [-0.1, -0.05) is 19.8 Å². The first-order valence-electron chi connectivity index (χ1n) is 1.89. The van der Waals surface area contributed by atoms with Gasteiger partial charge in [-0.25, -0.2) is 0 Å². The molecule has 0 heterocycles. The quantitative estimate of drug-likeness (QED) is 0.507. The summed E-state index contributed by atoms with van der Waals surface area (Å²) in [5.74, 6) is 1.08. The number of halogens is 1. The van der Waals surface area contributed by atoms with E-state index < -0.39 is 0 Å². The van der Waals surface area contributed by atoms with E-state index in [4.69, 9.17) is 0 Å². The van der Waals surface area contributed by atoms with Gasteiger partial charge in [0.25, 0.3) is 0 Å². The molecular weight excluding hydrogens is 97.5 g/mol. The molecule has 0 aliphatic heterocycles. The Morgan fingerprint density at radius 3 is 1.50 bits per heavy atom. The molecule has 1 saturated carbocycles. The Morgan fingerprint density at radius 2 is 1.50 bits per heavy atom. The average Bonchev–Trinajstić information content (AvgIpc) is 1.75. The van der Waals surface area contributed by atoms with Crippen molar-refractivity contribution in [3.63, 3.8) is 0 Å². The van der Waals surface area contributed by atoms with E-state index in [9.17, 15) is 0 Å². The smallest absolute Gasteiger partial charge is 0.0443 e. The summed E-state index contributed by atoms with van der Waals surface area (Å²) in [6.07, 6.45) is 2.97. The molecule has 0 bridgehead atoms. The molecule has 0 aromatic rings. The zero-order valence-electron chi connectivity index (χ0n) is 4.11. The van der Waals surface area contributed by atoms with Gasteiger partial charge in [-0.3, -0.25) is 0 Å². The van der Waals surface area contributed by atoms with Crippen molar-refractivity contribution < 1.29 is 0 Å². The zero-order chi connectivity index (χ0) is 2.99. The molecule has 0 saturated heterocycles. The fraction of sp³-hybridized carbons (Fsp3) is 1.00. The number of rotatable bonds is 0. The van der Waals surface area contributed by atoms with Gasteiger partial charge in [-0.15, -0.1) is 12.4 Å². The van der Waals surface area contributed by atoms with Crippen LogP contribution in [0.2, 0.25) is 0 Å². The third-order valence-electron chi connectivity index (χ3n) is 0.866. The van der Waals surface area contributed by atoms with E-state index in [2.05, 4.69) is 6.92 Å². The average molecular weight is 110 g/mol. The molecule has 6 heavy (non-hydrogen) atoms. The maximum absolute atomic E-state index is 2.28. The normalized spacial score (nSPS) is 17.5. The minimum absolute atomic E-state index is 0. The van der Waals surface area contributed by atoms with Crippen molar-refractivity contribution in [1.82, 2.24) is 6.15 Å². The predicted molar refractivity (Wildman–Crippen MR) is 30.7 cm³/mol. The molecule has 0 unspecified atom stereocenters. The SMILES string of the molecule is CC1CC1.Cl.N. The Hall–Kier alpha value is 0.250. The van der Waals surface area contributed by atoms with Crippen LogP contribution in [0.25, 0.3) is 0 Å². The summed E-state index contributed by atoms with van der Waals surface area (Å²) in [5.41, 5.74) is 0. The van der Waals surface area contributed by atoms with Gasteiger partial charge in [-0.2, -0.15) is 0 Å². The molecule has 0 amide bonds. The Bertz CT molecular complexity index is 26.7. The van der Waals surface area contributed by atoms with E-state index in [0.29, 0.717) is 0 Å². The topological polar surface area (TPSA) is 35.0 Å². The largest absolute Gasteiger partial charge is 0.344 e. The molecule has 0 atom stereocenters. The predicted octanol–water partition coefficient (Wildman–Crippen LogP) is 2.00. The van der Waals surface area contributed by atoms with Crippen LogP contribution >= 0.6 is 12.4 Å². The van der Waals surface area contributed by atoms with Crippen molar-refractivity contribution in [2.24, 2.45) is 5.92 Å². The van der Waals surface area contributed by atoms with Crippen molar-refractivity contribution in [2.75, 3.05) is 0 Å². The Labute approximate surface area is 45.1 Å². The summed E-state index contributed by atoms with van der Waals surface area (Å²) in [7, 11) is 0. The van der Waals surface area contributed by atoms with Crippen LogP contribution < -0.4 is 6.15 Å².